The molecule has 0 unspecified atom stereocenters. The molecule has 2 aromatic rings. The third-order valence-corrected chi connectivity index (χ3v) is 3.49. The molecule has 0 saturated heterocycles. The van der Waals surface area contributed by atoms with Gasteiger partial charge in [0, 0.05) is 17.5 Å². The first-order valence-electron chi connectivity index (χ1n) is 5.07. The van der Waals surface area contributed by atoms with Gasteiger partial charge in [0.2, 0.25) is 0 Å². The van der Waals surface area contributed by atoms with Crippen molar-refractivity contribution in [2.24, 2.45) is 0 Å². The van der Waals surface area contributed by atoms with Gasteiger partial charge in [-0.25, -0.2) is 8.78 Å². The van der Waals surface area contributed by atoms with Gasteiger partial charge in [-0.2, -0.15) is 0 Å². The average molecular weight is 274 g/mol. The zero-order chi connectivity index (χ0) is 12.3. The number of thiophene rings is 1. The molecule has 0 atom stereocenters. The van der Waals surface area contributed by atoms with E-state index in [0.29, 0.717) is 6.54 Å². The van der Waals surface area contributed by atoms with Crippen LogP contribution in [0.2, 0.25) is 5.02 Å². The van der Waals surface area contributed by atoms with Crippen LogP contribution in [0.25, 0.3) is 0 Å². The third-order valence-electron chi connectivity index (χ3n) is 2.26. The summed E-state index contributed by atoms with van der Waals surface area (Å²) in [5.41, 5.74) is 0.157. The van der Waals surface area contributed by atoms with E-state index in [1.807, 2.05) is 17.5 Å². The van der Waals surface area contributed by atoms with Crippen molar-refractivity contribution >= 4 is 28.6 Å². The number of hydrogen-bond donors (Lipinski definition) is 1. The Kier molecular flexibility index (Phi) is 3.97. The van der Waals surface area contributed by atoms with Crippen molar-refractivity contribution in [1.82, 2.24) is 0 Å². The molecule has 90 valence electrons. The minimum atomic E-state index is -0.670. The predicted molar refractivity (Wildman–Crippen MR) is 67.9 cm³/mol. The van der Waals surface area contributed by atoms with Crippen LogP contribution in [0, 0.1) is 11.6 Å². The van der Waals surface area contributed by atoms with Crippen molar-refractivity contribution in [2.75, 3.05) is 11.9 Å². The monoisotopic (exact) mass is 273 g/mol. The van der Waals surface area contributed by atoms with E-state index in [2.05, 4.69) is 5.32 Å². The van der Waals surface area contributed by atoms with Crippen LogP contribution in [0.3, 0.4) is 0 Å². The smallest absolute Gasteiger partial charge is 0.150 e. The van der Waals surface area contributed by atoms with Crippen molar-refractivity contribution in [3.8, 4) is 0 Å². The second kappa shape index (κ2) is 5.47. The third kappa shape index (κ3) is 3.17. The highest BCUT2D eigenvalue weighted by atomic mass is 35.5. The van der Waals surface area contributed by atoms with E-state index in [-0.39, 0.29) is 10.7 Å². The van der Waals surface area contributed by atoms with Gasteiger partial charge in [0.25, 0.3) is 0 Å². The molecule has 1 nitrogen and oxygen atoms in total. The molecule has 0 aliphatic carbocycles. The lowest BCUT2D eigenvalue weighted by molar-refractivity contribution is 0.585. The molecule has 1 N–H and O–H groups in total. The van der Waals surface area contributed by atoms with Crippen molar-refractivity contribution in [3.63, 3.8) is 0 Å². The molecule has 5 heteroatoms. The fraction of sp³-hybridized carbons (Fsp3) is 0.167. The zero-order valence-electron chi connectivity index (χ0n) is 8.84. The van der Waals surface area contributed by atoms with Crippen LogP contribution in [-0.4, -0.2) is 6.54 Å². The minimum absolute atomic E-state index is 0.0636. The maximum Gasteiger partial charge on any atom is 0.150 e. The minimum Gasteiger partial charge on any atom is -0.381 e. The first kappa shape index (κ1) is 12.3. The topological polar surface area (TPSA) is 12.0 Å². The Balaban J connectivity index is 1.99. The van der Waals surface area contributed by atoms with Gasteiger partial charge in [0.1, 0.15) is 5.82 Å². The highest BCUT2D eigenvalue weighted by molar-refractivity contribution is 7.09. The zero-order valence-corrected chi connectivity index (χ0v) is 10.4. The van der Waals surface area contributed by atoms with Crippen molar-refractivity contribution in [2.45, 2.75) is 6.42 Å². The van der Waals surface area contributed by atoms with E-state index < -0.39 is 11.6 Å². The van der Waals surface area contributed by atoms with Gasteiger partial charge in [-0.3, -0.25) is 0 Å². The lowest BCUT2D eigenvalue weighted by Crippen LogP contribution is -2.06. The summed E-state index contributed by atoms with van der Waals surface area (Å²) >= 11 is 7.40. The number of anilines is 1. The Morgan fingerprint density at radius 2 is 2.12 bits per heavy atom. The van der Waals surface area contributed by atoms with Crippen LogP contribution in [0.1, 0.15) is 4.88 Å². The van der Waals surface area contributed by atoms with Crippen LogP contribution in [-0.2, 0) is 6.42 Å². The van der Waals surface area contributed by atoms with Crippen molar-refractivity contribution in [3.05, 3.63) is 51.2 Å². The first-order valence-corrected chi connectivity index (χ1v) is 6.33. The van der Waals surface area contributed by atoms with Crippen molar-refractivity contribution < 1.29 is 8.78 Å². The Bertz CT molecular complexity index is 476. The first-order chi connectivity index (χ1) is 8.16. The van der Waals surface area contributed by atoms with E-state index in [0.717, 1.165) is 18.6 Å². The normalized spacial score (nSPS) is 10.5. The summed E-state index contributed by atoms with van der Waals surface area (Å²) in [4.78, 5) is 1.20. The fourth-order valence-corrected chi connectivity index (χ4v) is 2.45. The SMILES string of the molecule is Fc1cc(F)c(NCCc2cccs2)c(Cl)c1. The van der Waals surface area contributed by atoms with Crippen LogP contribution >= 0.6 is 22.9 Å². The maximum absolute atomic E-state index is 13.4. The standard InChI is InChI=1S/C12H10ClF2NS/c13-10-6-8(14)7-11(15)12(10)16-4-3-9-2-1-5-17-9/h1-2,5-7,16H,3-4H2. The average Bonchev–Trinajstić information content (AvgIpc) is 2.74. The summed E-state index contributed by atoms with van der Waals surface area (Å²) in [7, 11) is 0. The predicted octanol–water partition coefficient (Wildman–Crippen LogP) is 4.33. The van der Waals surface area contributed by atoms with Gasteiger partial charge >= 0.3 is 0 Å². The largest absolute Gasteiger partial charge is 0.381 e. The molecule has 0 spiro atoms. The second-order valence-electron chi connectivity index (χ2n) is 3.50. The molecule has 1 heterocycles. The van der Waals surface area contributed by atoms with Crippen LogP contribution in [0.4, 0.5) is 14.5 Å². The highest BCUT2D eigenvalue weighted by Crippen LogP contribution is 2.26. The summed E-state index contributed by atoms with van der Waals surface area (Å²) in [5, 5.41) is 4.93. The summed E-state index contributed by atoms with van der Waals surface area (Å²) in [6, 6.07) is 5.89. The molecule has 0 radical (unpaired) electrons. The summed E-state index contributed by atoms with van der Waals surface area (Å²) < 4.78 is 26.2. The molecular formula is C12H10ClF2NS. The second-order valence-corrected chi connectivity index (χ2v) is 4.94. The Morgan fingerprint density at radius 3 is 2.76 bits per heavy atom. The molecular weight excluding hydrogens is 264 g/mol. The van der Waals surface area contributed by atoms with E-state index >= 15 is 0 Å². The molecule has 0 amide bonds. The lowest BCUT2D eigenvalue weighted by atomic mass is 10.2. The summed E-state index contributed by atoms with van der Waals surface area (Å²) in [6.07, 6.45) is 0.783. The summed E-state index contributed by atoms with van der Waals surface area (Å²) in [6.45, 7) is 0.558. The van der Waals surface area contributed by atoms with Gasteiger partial charge in [0.15, 0.2) is 5.82 Å². The number of benzene rings is 1. The van der Waals surface area contributed by atoms with E-state index in [9.17, 15) is 8.78 Å². The van der Waals surface area contributed by atoms with Crippen molar-refractivity contribution in [1.29, 1.82) is 0 Å². The van der Waals surface area contributed by atoms with E-state index in [1.165, 1.54) is 4.88 Å². The maximum atomic E-state index is 13.4. The van der Waals surface area contributed by atoms with Gasteiger partial charge in [-0.15, -0.1) is 11.3 Å². The number of halogens is 3. The molecule has 0 aliphatic rings. The molecule has 17 heavy (non-hydrogen) atoms. The van der Waals surface area contributed by atoms with Crippen LogP contribution < -0.4 is 5.32 Å². The van der Waals surface area contributed by atoms with Gasteiger partial charge < -0.3 is 5.32 Å². The molecule has 0 saturated carbocycles. The molecule has 1 aromatic carbocycles. The fourth-order valence-electron chi connectivity index (χ4n) is 1.48. The molecule has 2 rings (SSSR count). The van der Waals surface area contributed by atoms with Gasteiger partial charge in [-0.1, -0.05) is 17.7 Å². The Morgan fingerprint density at radius 1 is 1.29 bits per heavy atom. The van der Waals surface area contributed by atoms with E-state index in [1.54, 1.807) is 11.3 Å². The molecule has 1 aromatic heterocycles. The highest BCUT2D eigenvalue weighted by Gasteiger charge is 2.09. The summed E-state index contributed by atoms with van der Waals surface area (Å²) in [5.74, 6) is -1.34. The van der Waals surface area contributed by atoms with Crippen LogP contribution in [0.5, 0.6) is 0 Å². The quantitative estimate of drug-likeness (QED) is 0.874. The van der Waals surface area contributed by atoms with Gasteiger partial charge in [-0.05, 0) is 23.9 Å². The molecule has 0 fully saturated rings. The number of rotatable bonds is 4. The number of nitrogens with one attached hydrogen (secondary N) is 1. The molecule has 0 aliphatic heterocycles. The molecule has 0 bridgehead atoms. The number of hydrogen-bond acceptors (Lipinski definition) is 2. The Labute approximate surface area is 107 Å². The Hall–Kier alpha value is -1.13. The van der Waals surface area contributed by atoms with Crippen LogP contribution in [0.15, 0.2) is 29.6 Å². The van der Waals surface area contributed by atoms with E-state index in [4.69, 9.17) is 11.6 Å². The van der Waals surface area contributed by atoms with Gasteiger partial charge in [0.05, 0.1) is 10.7 Å². The lowest BCUT2D eigenvalue weighted by Gasteiger charge is -2.09.